The van der Waals surface area contributed by atoms with Gasteiger partial charge in [0, 0.05) is 17.5 Å². The van der Waals surface area contributed by atoms with E-state index in [1.165, 1.54) is 20.3 Å². The number of H-pyrrole nitrogens is 1. The van der Waals surface area contributed by atoms with E-state index >= 15 is 0 Å². The fourth-order valence-electron chi connectivity index (χ4n) is 3.05. The lowest BCUT2D eigenvalue weighted by atomic mass is 10.1. The molecule has 156 valence electrons. The van der Waals surface area contributed by atoms with E-state index in [-0.39, 0.29) is 11.3 Å². The van der Waals surface area contributed by atoms with Gasteiger partial charge in [0.15, 0.2) is 17.4 Å². The number of nitrogens with one attached hydrogen (secondary N) is 1. The molecule has 3 aromatic rings. The molecule has 1 aromatic carbocycles. The van der Waals surface area contributed by atoms with Crippen molar-refractivity contribution in [2.24, 2.45) is 0 Å². The molecule has 2 aromatic heterocycles. The van der Waals surface area contributed by atoms with Crippen LogP contribution in [0.4, 0.5) is 5.69 Å². The Morgan fingerprint density at radius 3 is 2.48 bits per heavy atom. The van der Waals surface area contributed by atoms with Crippen LogP contribution in [0, 0.1) is 0 Å². The molecule has 9 heteroatoms. The Morgan fingerprint density at radius 1 is 1.03 bits per heavy atom. The van der Waals surface area contributed by atoms with Gasteiger partial charge in [0.1, 0.15) is 5.70 Å². The Morgan fingerprint density at radius 2 is 1.81 bits per heavy atom. The van der Waals surface area contributed by atoms with Gasteiger partial charge in [0.25, 0.3) is 0 Å². The lowest BCUT2D eigenvalue weighted by Crippen LogP contribution is -2.26. The highest BCUT2D eigenvalue weighted by atomic mass is 16.5. The van der Waals surface area contributed by atoms with Crippen molar-refractivity contribution in [3.63, 3.8) is 0 Å². The van der Waals surface area contributed by atoms with Crippen molar-refractivity contribution < 1.29 is 23.5 Å². The molecule has 0 saturated heterocycles. The third-order valence-electron chi connectivity index (χ3n) is 4.53. The second kappa shape index (κ2) is 8.54. The van der Waals surface area contributed by atoms with Gasteiger partial charge in [-0.05, 0) is 48.6 Å². The van der Waals surface area contributed by atoms with Crippen LogP contribution in [0.3, 0.4) is 0 Å². The van der Waals surface area contributed by atoms with Crippen molar-refractivity contribution in [1.82, 2.24) is 15.2 Å². The summed E-state index contributed by atoms with van der Waals surface area (Å²) in [4.78, 5) is 30.8. The smallest absolute Gasteiger partial charge is 0.355 e. The van der Waals surface area contributed by atoms with E-state index in [0.29, 0.717) is 23.1 Å². The Kier molecular flexibility index (Phi) is 5.48. The molecule has 0 radical (unpaired) electrons. The monoisotopic (exact) mass is 418 g/mol. The molecule has 1 aliphatic rings. The summed E-state index contributed by atoms with van der Waals surface area (Å²) in [6, 6.07) is 10.7. The number of benzene rings is 1. The van der Waals surface area contributed by atoms with Crippen LogP contribution >= 0.6 is 0 Å². The number of rotatable bonds is 5. The van der Waals surface area contributed by atoms with E-state index < -0.39 is 11.9 Å². The molecule has 1 N–H and O–H groups in total. The van der Waals surface area contributed by atoms with Gasteiger partial charge < -0.3 is 18.8 Å². The first-order valence-electron chi connectivity index (χ1n) is 9.24. The zero-order chi connectivity index (χ0) is 21.8. The Balaban J connectivity index is 1.69. The molecule has 9 nitrogen and oxygen atoms in total. The number of aromatic amines is 1. The molecule has 0 aliphatic carbocycles. The molecule has 0 bridgehead atoms. The SMILES string of the molecule is COC(=O)C1=C(C(=O)OC)N(c2ccc(-c3n[nH]c(-c4ccco4)n3)cc2)C=CC=C1. The standard InChI is InChI=1S/C22H18N4O5/c1-29-21(27)16-6-3-4-12-26(18(16)22(28)30-2)15-10-8-14(9-11-15)19-23-20(25-24-19)17-7-5-13-31-17/h3-13H,1-2H3,(H,23,24,25). The number of hydrogen-bond donors (Lipinski definition) is 1. The quantitative estimate of drug-likeness (QED) is 0.629. The fraction of sp³-hybridized carbons (Fsp3) is 0.0909. The molecule has 0 spiro atoms. The highest BCUT2D eigenvalue weighted by Crippen LogP contribution is 2.28. The number of ether oxygens (including phenoxy) is 2. The van der Waals surface area contributed by atoms with Gasteiger partial charge in [-0.2, -0.15) is 5.10 Å². The number of allylic oxidation sites excluding steroid dienone is 2. The van der Waals surface area contributed by atoms with Crippen LogP contribution in [0.2, 0.25) is 0 Å². The summed E-state index contributed by atoms with van der Waals surface area (Å²) in [5.74, 6) is 0.279. The largest absolute Gasteiger partial charge is 0.465 e. The lowest BCUT2D eigenvalue weighted by molar-refractivity contribution is -0.139. The number of aromatic nitrogens is 3. The van der Waals surface area contributed by atoms with Crippen molar-refractivity contribution in [1.29, 1.82) is 0 Å². The summed E-state index contributed by atoms with van der Waals surface area (Å²) < 4.78 is 15.1. The van der Waals surface area contributed by atoms with Crippen LogP contribution in [0.5, 0.6) is 0 Å². The number of anilines is 1. The molecule has 0 fully saturated rings. The van der Waals surface area contributed by atoms with Gasteiger partial charge in [0.05, 0.1) is 26.1 Å². The molecule has 3 heterocycles. The molecule has 1 aliphatic heterocycles. The van der Waals surface area contributed by atoms with Crippen molar-refractivity contribution in [2.75, 3.05) is 19.1 Å². The normalized spacial score (nSPS) is 13.3. The highest BCUT2D eigenvalue weighted by Gasteiger charge is 2.27. The molecule has 4 rings (SSSR count). The number of hydrogen-bond acceptors (Lipinski definition) is 8. The first-order chi connectivity index (χ1) is 15.1. The molecule has 0 saturated carbocycles. The molecule has 0 amide bonds. The third kappa shape index (κ3) is 3.88. The summed E-state index contributed by atoms with van der Waals surface area (Å²) in [5.41, 5.74) is 1.52. The number of furan rings is 1. The zero-order valence-electron chi connectivity index (χ0n) is 16.7. The summed E-state index contributed by atoms with van der Waals surface area (Å²) in [6.45, 7) is 0. The van der Waals surface area contributed by atoms with Gasteiger partial charge in [-0.3, -0.25) is 5.10 Å². The van der Waals surface area contributed by atoms with E-state index in [1.54, 1.807) is 53.8 Å². The van der Waals surface area contributed by atoms with Gasteiger partial charge in [-0.25, -0.2) is 14.6 Å². The minimum atomic E-state index is -0.669. The zero-order valence-corrected chi connectivity index (χ0v) is 16.7. The Hall–Kier alpha value is -4.40. The third-order valence-corrected chi connectivity index (χ3v) is 4.53. The molecular formula is C22H18N4O5. The summed E-state index contributed by atoms with van der Waals surface area (Å²) >= 11 is 0. The summed E-state index contributed by atoms with van der Waals surface area (Å²) in [5, 5.41) is 7.07. The van der Waals surface area contributed by atoms with Crippen LogP contribution < -0.4 is 4.90 Å². The van der Waals surface area contributed by atoms with Crippen molar-refractivity contribution >= 4 is 17.6 Å². The summed E-state index contributed by atoms with van der Waals surface area (Å²) in [7, 11) is 2.51. The minimum absolute atomic E-state index is 0.0464. The van der Waals surface area contributed by atoms with Crippen LogP contribution in [0.25, 0.3) is 23.0 Å². The van der Waals surface area contributed by atoms with E-state index in [1.807, 2.05) is 12.1 Å². The van der Waals surface area contributed by atoms with E-state index in [2.05, 4.69) is 15.2 Å². The maximum atomic E-state index is 12.5. The first-order valence-corrected chi connectivity index (χ1v) is 9.24. The maximum absolute atomic E-state index is 12.5. The van der Waals surface area contributed by atoms with Crippen LogP contribution in [0.15, 0.2) is 82.8 Å². The van der Waals surface area contributed by atoms with E-state index in [0.717, 1.165) is 5.56 Å². The van der Waals surface area contributed by atoms with E-state index in [9.17, 15) is 9.59 Å². The second-order valence-electron chi connectivity index (χ2n) is 6.35. The molecule has 31 heavy (non-hydrogen) atoms. The van der Waals surface area contributed by atoms with Crippen LogP contribution in [0.1, 0.15) is 0 Å². The van der Waals surface area contributed by atoms with Crippen molar-refractivity contribution in [3.05, 3.63) is 78.4 Å². The molecule has 0 unspecified atom stereocenters. The number of esters is 2. The lowest BCUT2D eigenvalue weighted by Gasteiger charge is -2.23. The van der Waals surface area contributed by atoms with Crippen LogP contribution in [-0.2, 0) is 19.1 Å². The number of carbonyl (C=O) groups is 2. The number of carbonyl (C=O) groups excluding carboxylic acids is 2. The predicted molar refractivity (Wildman–Crippen MR) is 111 cm³/mol. The average molecular weight is 418 g/mol. The predicted octanol–water partition coefficient (Wildman–Crippen LogP) is 3.22. The van der Waals surface area contributed by atoms with Gasteiger partial charge >= 0.3 is 11.9 Å². The van der Waals surface area contributed by atoms with Gasteiger partial charge in [-0.1, -0.05) is 6.08 Å². The fourth-order valence-corrected chi connectivity index (χ4v) is 3.05. The molecule has 0 atom stereocenters. The maximum Gasteiger partial charge on any atom is 0.355 e. The highest BCUT2D eigenvalue weighted by molar-refractivity contribution is 6.05. The number of nitrogens with zero attached hydrogens (tertiary/aromatic N) is 3. The Labute approximate surface area is 177 Å². The van der Waals surface area contributed by atoms with Crippen molar-refractivity contribution in [3.8, 4) is 23.0 Å². The summed E-state index contributed by atoms with van der Waals surface area (Å²) in [6.07, 6.45) is 8.08. The van der Waals surface area contributed by atoms with Gasteiger partial charge in [-0.15, -0.1) is 0 Å². The minimum Gasteiger partial charge on any atom is -0.465 e. The van der Waals surface area contributed by atoms with Crippen LogP contribution in [-0.4, -0.2) is 41.3 Å². The topological polar surface area (TPSA) is 111 Å². The van der Waals surface area contributed by atoms with Gasteiger partial charge in [0.2, 0.25) is 0 Å². The average Bonchev–Trinajstić information content (AvgIpc) is 3.46. The van der Waals surface area contributed by atoms with E-state index in [4.69, 9.17) is 13.9 Å². The van der Waals surface area contributed by atoms with Crippen molar-refractivity contribution in [2.45, 2.75) is 0 Å². The first kappa shape index (κ1) is 19.9. The Bertz CT molecular complexity index is 1190. The number of methoxy groups -OCH3 is 2. The second-order valence-corrected chi connectivity index (χ2v) is 6.35. The molecular weight excluding hydrogens is 400 g/mol.